The molecule has 0 aliphatic rings. The molecule has 6 nitrogen and oxygen atoms in total. The van der Waals surface area contributed by atoms with Gasteiger partial charge >= 0.3 is 5.97 Å². The number of thiophene rings is 1. The first-order valence-corrected chi connectivity index (χ1v) is 8.92. The normalized spacial score (nSPS) is 10.7. The minimum atomic E-state index is -0.812. The van der Waals surface area contributed by atoms with Crippen LogP contribution in [0.1, 0.15) is 37.0 Å². The maximum absolute atomic E-state index is 12.5. The Morgan fingerprint density at radius 3 is 2.69 bits per heavy atom. The number of esters is 1. The van der Waals surface area contributed by atoms with E-state index in [1.54, 1.807) is 17.4 Å². The number of ether oxygens (including phenoxy) is 1. The van der Waals surface area contributed by atoms with Crippen LogP contribution in [0, 0.1) is 13.8 Å². The van der Waals surface area contributed by atoms with Gasteiger partial charge in [0.2, 0.25) is 5.78 Å². The van der Waals surface area contributed by atoms with Gasteiger partial charge in [0.1, 0.15) is 5.56 Å². The van der Waals surface area contributed by atoms with E-state index in [2.05, 4.69) is 9.55 Å². The van der Waals surface area contributed by atoms with E-state index in [1.807, 2.05) is 31.4 Å². The number of ketones is 1. The second kappa shape index (κ2) is 7.53. The molecule has 0 saturated heterocycles. The summed E-state index contributed by atoms with van der Waals surface area (Å²) in [5.74, 6) is -1.11. The Labute approximate surface area is 154 Å². The molecule has 0 spiro atoms. The van der Waals surface area contributed by atoms with Gasteiger partial charge in [0.15, 0.2) is 6.61 Å². The Hall–Kier alpha value is -2.93. The predicted octanol–water partition coefficient (Wildman–Crippen LogP) is 2.94. The smallest absolute Gasteiger partial charge is 0.344 e. The quantitative estimate of drug-likeness (QED) is 0.534. The van der Waals surface area contributed by atoms with Gasteiger partial charge < -0.3 is 14.3 Å². The number of hydrogen-bond acceptors (Lipinski definition) is 5. The number of Topliss-reactive ketones (excluding diaryl/α,β-unsaturated/α-hetero) is 1. The molecule has 0 aliphatic carbocycles. The lowest BCUT2D eigenvalue weighted by atomic mass is 10.1. The fourth-order valence-corrected chi connectivity index (χ4v) is 3.45. The number of nitrogens with zero attached hydrogens (tertiary/aromatic N) is 1. The third-order valence-electron chi connectivity index (χ3n) is 4.14. The lowest BCUT2D eigenvalue weighted by molar-refractivity contribution is 0.0472. The van der Waals surface area contributed by atoms with E-state index in [0.717, 1.165) is 11.4 Å². The molecule has 0 aromatic carbocycles. The number of carbonyl (C=O) groups is 2. The molecule has 0 atom stereocenters. The highest BCUT2D eigenvalue weighted by Crippen LogP contribution is 2.20. The van der Waals surface area contributed by atoms with Gasteiger partial charge in [-0.1, -0.05) is 6.07 Å². The summed E-state index contributed by atoms with van der Waals surface area (Å²) in [4.78, 5) is 39.6. The number of carbonyl (C=O) groups excluding carboxylic acids is 2. The molecular weight excluding hydrogens is 352 g/mol. The zero-order chi connectivity index (χ0) is 18.7. The van der Waals surface area contributed by atoms with Crippen molar-refractivity contribution in [1.82, 2.24) is 9.55 Å². The largest absolute Gasteiger partial charge is 0.454 e. The minimum absolute atomic E-state index is 0.122. The molecule has 26 heavy (non-hydrogen) atoms. The first-order valence-electron chi connectivity index (χ1n) is 8.04. The van der Waals surface area contributed by atoms with Crippen molar-refractivity contribution in [1.29, 1.82) is 0 Å². The Balaban J connectivity index is 1.71. The topological polar surface area (TPSA) is 81.2 Å². The van der Waals surface area contributed by atoms with Crippen LogP contribution in [0.5, 0.6) is 0 Å². The minimum Gasteiger partial charge on any atom is -0.454 e. The van der Waals surface area contributed by atoms with Gasteiger partial charge in [-0.15, -0.1) is 11.3 Å². The summed E-state index contributed by atoms with van der Waals surface area (Å²) in [6.45, 7) is 4.10. The van der Waals surface area contributed by atoms with Crippen molar-refractivity contribution < 1.29 is 14.3 Å². The van der Waals surface area contributed by atoms with E-state index >= 15 is 0 Å². The standard InChI is InChI=1S/C19H18N2O4S/c1-12-9-16(13(2)21(12)10-14-5-4-8-26-14)17(22)11-25-19(24)15-6-3-7-20-18(15)23/h3-9H,10-11H2,1-2H3,(H,20,23). The van der Waals surface area contributed by atoms with E-state index in [0.29, 0.717) is 12.1 Å². The van der Waals surface area contributed by atoms with Crippen LogP contribution in [0.4, 0.5) is 0 Å². The van der Waals surface area contributed by atoms with Crippen molar-refractivity contribution in [3.63, 3.8) is 0 Å². The van der Waals surface area contributed by atoms with Crippen molar-refractivity contribution >= 4 is 23.1 Å². The molecule has 0 radical (unpaired) electrons. The van der Waals surface area contributed by atoms with Crippen LogP contribution in [0.3, 0.4) is 0 Å². The Bertz CT molecular complexity index is 999. The molecule has 0 saturated carbocycles. The third kappa shape index (κ3) is 3.67. The van der Waals surface area contributed by atoms with E-state index in [4.69, 9.17) is 4.74 Å². The second-order valence-electron chi connectivity index (χ2n) is 5.86. The molecule has 0 amide bonds. The number of aromatic amines is 1. The van der Waals surface area contributed by atoms with E-state index in [-0.39, 0.29) is 11.3 Å². The molecule has 134 valence electrons. The maximum Gasteiger partial charge on any atom is 0.344 e. The Kier molecular flexibility index (Phi) is 5.18. The monoisotopic (exact) mass is 370 g/mol. The SMILES string of the molecule is Cc1cc(C(=O)COC(=O)c2ccc[nH]c2=O)c(C)n1Cc1cccs1. The summed E-state index contributed by atoms with van der Waals surface area (Å²) < 4.78 is 7.08. The number of rotatable bonds is 6. The molecule has 3 heterocycles. The van der Waals surface area contributed by atoms with E-state index in [9.17, 15) is 14.4 Å². The fourth-order valence-electron chi connectivity index (χ4n) is 2.75. The van der Waals surface area contributed by atoms with Crippen LogP contribution in [0.2, 0.25) is 0 Å². The highest BCUT2D eigenvalue weighted by Gasteiger charge is 2.19. The van der Waals surface area contributed by atoms with Crippen molar-refractivity contribution in [2.24, 2.45) is 0 Å². The van der Waals surface area contributed by atoms with Crippen LogP contribution in [0.25, 0.3) is 0 Å². The lowest BCUT2D eigenvalue weighted by Crippen LogP contribution is -2.21. The van der Waals surface area contributed by atoms with Crippen LogP contribution < -0.4 is 5.56 Å². The average molecular weight is 370 g/mol. The molecule has 3 aromatic rings. The summed E-state index contributed by atoms with van der Waals surface area (Å²) in [5, 5.41) is 2.01. The summed E-state index contributed by atoms with van der Waals surface area (Å²) in [6, 6.07) is 8.72. The van der Waals surface area contributed by atoms with Gasteiger partial charge in [-0.3, -0.25) is 9.59 Å². The number of pyridine rings is 1. The Morgan fingerprint density at radius 1 is 1.19 bits per heavy atom. The Morgan fingerprint density at radius 2 is 2.00 bits per heavy atom. The molecule has 0 aliphatic heterocycles. The van der Waals surface area contributed by atoms with E-state index in [1.165, 1.54) is 23.2 Å². The number of nitrogens with one attached hydrogen (secondary N) is 1. The molecule has 7 heteroatoms. The summed E-state index contributed by atoms with van der Waals surface area (Å²) in [7, 11) is 0. The molecule has 3 rings (SSSR count). The van der Waals surface area contributed by atoms with Gasteiger partial charge in [0, 0.05) is 28.0 Å². The molecular formula is C19H18N2O4S. The van der Waals surface area contributed by atoms with E-state index < -0.39 is 18.1 Å². The van der Waals surface area contributed by atoms with Gasteiger partial charge in [0.05, 0.1) is 6.54 Å². The predicted molar refractivity (Wildman–Crippen MR) is 99.0 cm³/mol. The number of aryl methyl sites for hydroxylation is 1. The van der Waals surface area contributed by atoms with Crippen molar-refractivity contribution in [3.05, 3.63) is 79.7 Å². The average Bonchev–Trinajstić information content (AvgIpc) is 3.23. The van der Waals surface area contributed by atoms with Gasteiger partial charge in [-0.05, 0) is 43.5 Å². The van der Waals surface area contributed by atoms with Crippen LogP contribution in [-0.4, -0.2) is 27.9 Å². The zero-order valence-corrected chi connectivity index (χ0v) is 15.3. The van der Waals surface area contributed by atoms with Crippen molar-refractivity contribution in [2.45, 2.75) is 20.4 Å². The summed E-state index contributed by atoms with van der Waals surface area (Å²) in [5.41, 5.74) is 1.65. The number of hydrogen-bond donors (Lipinski definition) is 1. The second-order valence-corrected chi connectivity index (χ2v) is 6.89. The van der Waals surface area contributed by atoms with Gasteiger partial charge in [-0.2, -0.15) is 0 Å². The lowest BCUT2D eigenvalue weighted by Gasteiger charge is -2.08. The van der Waals surface area contributed by atoms with Crippen LogP contribution in [-0.2, 0) is 11.3 Å². The first-order chi connectivity index (χ1) is 12.5. The number of H-pyrrole nitrogens is 1. The number of aromatic nitrogens is 2. The van der Waals surface area contributed by atoms with Gasteiger partial charge in [-0.25, -0.2) is 4.79 Å². The highest BCUT2D eigenvalue weighted by atomic mass is 32.1. The molecule has 0 bridgehead atoms. The first kappa shape index (κ1) is 17.9. The highest BCUT2D eigenvalue weighted by molar-refractivity contribution is 7.09. The molecule has 0 fully saturated rings. The third-order valence-corrected chi connectivity index (χ3v) is 5.00. The molecule has 0 unspecified atom stereocenters. The summed E-state index contributed by atoms with van der Waals surface area (Å²) in [6.07, 6.45) is 1.42. The van der Waals surface area contributed by atoms with Crippen LogP contribution >= 0.6 is 11.3 Å². The molecule has 1 N–H and O–H groups in total. The molecule has 3 aromatic heterocycles. The zero-order valence-electron chi connectivity index (χ0n) is 14.4. The maximum atomic E-state index is 12.5. The van der Waals surface area contributed by atoms with Crippen molar-refractivity contribution in [2.75, 3.05) is 6.61 Å². The van der Waals surface area contributed by atoms with Crippen LogP contribution in [0.15, 0.2) is 46.7 Å². The van der Waals surface area contributed by atoms with Crippen molar-refractivity contribution in [3.8, 4) is 0 Å². The van der Waals surface area contributed by atoms with Gasteiger partial charge in [0.25, 0.3) is 5.56 Å². The summed E-state index contributed by atoms with van der Waals surface area (Å²) >= 11 is 1.66. The fraction of sp³-hybridized carbons (Fsp3) is 0.211.